The Labute approximate surface area is 85.5 Å². The smallest absolute Gasteiger partial charge is 0.142 e. The Balaban J connectivity index is 2.78. The summed E-state index contributed by atoms with van der Waals surface area (Å²) >= 11 is 0. The van der Waals surface area contributed by atoms with Crippen LogP contribution in [0.2, 0.25) is 0 Å². The molecular weight excluding hydrogens is 176 g/mol. The van der Waals surface area contributed by atoms with E-state index in [4.69, 9.17) is 10.5 Å². The minimum Gasteiger partial charge on any atom is -0.492 e. The van der Waals surface area contributed by atoms with Crippen LogP contribution in [0.15, 0.2) is 18.2 Å². The summed E-state index contributed by atoms with van der Waals surface area (Å²) in [5.41, 5.74) is 7.76. The fourth-order valence-corrected chi connectivity index (χ4v) is 1.35. The second-order valence-corrected chi connectivity index (χ2v) is 3.54. The highest BCUT2D eigenvalue weighted by Crippen LogP contribution is 2.22. The summed E-state index contributed by atoms with van der Waals surface area (Å²) in [5, 5.41) is 0. The van der Waals surface area contributed by atoms with Crippen molar-refractivity contribution in [2.24, 2.45) is 0 Å². The van der Waals surface area contributed by atoms with Gasteiger partial charge in [0.1, 0.15) is 5.75 Å². The van der Waals surface area contributed by atoms with E-state index in [1.807, 2.05) is 39.2 Å². The molecular formula is C11H18N2O. The third-order valence-corrected chi connectivity index (χ3v) is 1.87. The second-order valence-electron chi connectivity index (χ2n) is 3.54. The van der Waals surface area contributed by atoms with Gasteiger partial charge in [-0.1, -0.05) is 6.07 Å². The molecule has 0 amide bonds. The van der Waals surface area contributed by atoms with Crippen LogP contribution in [0.3, 0.4) is 0 Å². The van der Waals surface area contributed by atoms with Crippen LogP contribution in [0.25, 0.3) is 0 Å². The third kappa shape index (κ3) is 2.92. The van der Waals surface area contributed by atoms with E-state index < -0.39 is 0 Å². The van der Waals surface area contributed by atoms with Crippen molar-refractivity contribution in [1.82, 2.24) is 4.90 Å². The summed E-state index contributed by atoms with van der Waals surface area (Å²) in [6.45, 7) is 3.50. The van der Waals surface area contributed by atoms with E-state index in [1.54, 1.807) is 0 Å². The fourth-order valence-electron chi connectivity index (χ4n) is 1.35. The molecule has 14 heavy (non-hydrogen) atoms. The molecule has 0 aliphatic heterocycles. The first kappa shape index (κ1) is 10.9. The molecule has 1 aromatic rings. The van der Waals surface area contributed by atoms with Crippen LogP contribution in [0, 0.1) is 0 Å². The summed E-state index contributed by atoms with van der Waals surface area (Å²) in [6.07, 6.45) is 0. The van der Waals surface area contributed by atoms with E-state index in [9.17, 15) is 0 Å². The molecule has 0 radical (unpaired) electrons. The highest BCUT2D eigenvalue weighted by molar-refractivity contribution is 5.54. The van der Waals surface area contributed by atoms with Gasteiger partial charge >= 0.3 is 0 Å². The Kier molecular flexibility index (Phi) is 3.77. The van der Waals surface area contributed by atoms with E-state index in [2.05, 4.69) is 4.90 Å². The molecule has 0 saturated carbocycles. The lowest BCUT2D eigenvalue weighted by molar-refractivity contribution is 0.341. The van der Waals surface area contributed by atoms with Gasteiger partial charge in [-0.05, 0) is 38.7 Å². The second kappa shape index (κ2) is 4.86. The Morgan fingerprint density at radius 2 is 2.07 bits per heavy atom. The molecule has 1 rings (SSSR count). The number of benzene rings is 1. The molecule has 0 unspecified atom stereocenters. The van der Waals surface area contributed by atoms with Gasteiger partial charge in [0.25, 0.3) is 0 Å². The molecule has 0 bridgehead atoms. The van der Waals surface area contributed by atoms with Gasteiger partial charge in [-0.3, -0.25) is 0 Å². The molecule has 0 aromatic heterocycles. The molecule has 2 N–H and O–H groups in total. The van der Waals surface area contributed by atoms with Crippen molar-refractivity contribution >= 4 is 5.69 Å². The first-order chi connectivity index (χ1) is 6.63. The van der Waals surface area contributed by atoms with Crippen molar-refractivity contribution in [3.63, 3.8) is 0 Å². The van der Waals surface area contributed by atoms with Crippen LogP contribution in [0.1, 0.15) is 12.5 Å². The van der Waals surface area contributed by atoms with Gasteiger partial charge in [-0.25, -0.2) is 0 Å². The van der Waals surface area contributed by atoms with Crippen LogP contribution in [-0.2, 0) is 6.54 Å². The van der Waals surface area contributed by atoms with E-state index in [0.29, 0.717) is 12.3 Å². The molecule has 0 fully saturated rings. The highest BCUT2D eigenvalue weighted by Gasteiger charge is 2.01. The van der Waals surface area contributed by atoms with Gasteiger partial charge in [0, 0.05) is 6.54 Å². The lowest BCUT2D eigenvalue weighted by Crippen LogP contribution is -2.11. The Morgan fingerprint density at radius 1 is 1.36 bits per heavy atom. The maximum atomic E-state index is 5.84. The minimum atomic E-state index is 0.650. The van der Waals surface area contributed by atoms with Gasteiger partial charge in [0.05, 0.1) is 12.3 Å². The van der Waals surface area contributed by atoms with E-state index in [0.717, 1.165) is 12.3 Å². The van der Waals surface area contributed by atoms with Crippen molar-refractivity contribution in [3.05, 3.63) is 23.8 Å². The average Bonchev–Trinajstić information content (AvgIpc) is 2.09. The predicted octanol–water partition coefficient (Wildman–Crippen LogP) is 1.73. The Hall–Kier alpha value is -1.22. The van der Waals surface area contributed by atoms with Gasteiger partial charge in [0.15, 0.2) is 0 Å². The van der Waals surface area contributed by atoms with Gasteiger partial charge in [0.2, 0.25) is 0 Å². The predicted molar refractivity (Wildman–Crippen MR) is 59.4 cm³/mol. The fraction of sp³-hybridized carbons (Fsp3) is 0.455. The van der Waals surface area contributed by atoms with Crippen LogP contribution >= 0.6 is 0 Å². The first-order valence-corrected chi connectivity index (χ1v) is 4.79. The first-order valence-electron chi connectivity index (χ1n) is 4.79. The van der Waals surface area contributed by atoms with E-state index in [-0.39, 0.29) is 0 Å². The summed E-state index contributed by atoms with van der Waals surface area (Å²) in [4.78, 5) is 2.11. The summed E-state index contributed by atoms with van der Waals surface area (Å²) in [6, 6.07) is 5.93. The summed E-state index contributed by atoms with van der Waals surface area (Å²) in [7, 11) is 4.07. The highest BCUT2D eigenvalue weighted by atomic mass is 16.5. The zero-order chi connectivity index (χ0) is 10.6. The maximum Gasteiger partial charge on any atom is 0.142 e. The van der Waals surface area contributed by atoms with E-state index in [1.165, 1.54) is 5.56 Å². The zero-order valence-electron chi connectivity index (χ0n) is 9.08. The molecule has 78 valence electrons. The molecule has 0 aliphatic rings. The third-order valence-electron chi connectivity index (χ3n) is 1.87. The average molecular weight is 194 g/mol. The van der Waals surface area contributed by atoms with Crippen molar-refractivity contribution < 1.29 is 4.74 Å². The number of hydrogen-bond acceptors (Lipinski definition) is 3. The van der Waals surface area contributed by atoms with Crippen LogP contribution in [-0.4, -0.2) is 25.6 Å². The molecule has 1 aromatic carbocycles. The lowest BCUT2D eigenvalue weighted by atomic mass is 10.2. The maximum absolute atomic E-state index is 5.84. The molecule has 0 aliphatic carbocycles. The molecule has 0 heterocycles. The monoisotopic (exact) mass is 194 g/mol. The van der Waals surface area contributed by atoms with Gasteiger partial charge in [-0.15, -0.1) is 0 Å². The van der Waals surface area contributed by atoms with Crippen molar-refractivity contribution in [1.29, 1.82) is 0 Å². The summed E-state index contributed by atoms with van der Waals surface area (Å²) in [5.74, 6) is 0.773. The van der Waals surface area contributed by atoms with Gasteiger partial charge < -0.3 is 15.4 Å². The lowest BCUT2D eigenvalue weighted by Gasteiger charge is -2.12. The number of hydrogen-bond donors (Lipinski definition) is 1. The number of rotatable bonds is 4. The Morgan fingerprint density at radius 3 is 2.57 bits per heavy atom. The number of ether oxygens (including phenoxy) is 1. The minimum absolute atomic E-state index is 0.650. The quantitative estimate of drug-likeness (QED) is 0.742. The summed E-state index contributed by atoms with van der Waals surface area (Å²) < 4.78 is 5.36. The van der Waals surface area contributed by atoms with Crippen LogP contribution in [0.5, 0.6) is 5.75 Å². The van der Waals surface area contributed by atoms with Crippen LogP contribution in [0.4, 0.5) is 5.69 Å². The zero-order valence-corrected chi connectivity index (χ0v) is 9.08. The SMILES string of the molecule is CCOc1ccc(CN(C)C)cc1N. The van der Waals surface area contributed by atoms with Crippen LogP contribution < -0.4 is 10.5 Å². The largest absolute Gasteiger partial charge is 0.492 e. The van der Waals surface area contributed by atoms with E-state index >= 15 is 0 Å². The number of nitrogens with zero attached hydrogens (tertiary/aromatic N) is 1. The van der Waals surface area contributed by atoms with Gasteiger partial charge in [-0.2, -0.15) is 0 Å². The van der Waals surface area contributed by atoms with Crippen molar-refractivity contribution in [2.45, 2.75) is 13.5 Å². The number of nitrogen functional groups attached to an aromatic ring is 1. The van der Waals surface area contributed by atoms with Crippen molar-refractivity contribution in [2.75, 3.05) is 26.4 Å². The topological polar surface area (TPSA) is 38.5 Å². The number of nitrogens with two attached hydrogens (primary N) is 1. The Bertz CT molecular complexity index is 297. The molecule has 0 saturated heterocycles. The van der Waals surface area contributed by atoms with Crippen molar-refractivity contribution in [3.8, 4) is 5.75 Å². The molecule has 0 spiro atoms. The standard InChI is InChI=1S/C11H18N2O/c1-4-14-11-6-5-9(7-10(11)12)8-13(2)3/h5-7H,4,8,12H2,1-3H3. The normalized spacial score (nSPS) is 10.6. The molecule has 3 heteroatoms. The molecule has 3 nitrogen and oxygen atoms in total. The molecule has 0 atom stereocenters. The number of anilines is 1.